The number of hydrogen-bond acceptors (Lipinski definition) is 6. The van der Waals surface area contributed by atoms with Crippen molar-refractivity contribution in [2.75, 3.05) is 19.1 Å². The van der Waals surface area contributed by atoms with E-state index in [0.29, 0.717) is 28.3 Å². The normalized spacial score (nSPS) is 11.0. The molecule has 0 saturated heterocycles. The van der Waals surface area contributed by atoms with Crippen molar-refractivity contribution in [3.63, 3.8) is 0 Å². The van der Waals surface area contributed by atoms with Crippen LogP contribution >= 0.6 is 22.9 Å². The lowest BCUT2D eigenvalue weighted by atomic mass is 10.1. The first kappa shape index (κ1) is 19.2. The van der Waals surface area contributed by atoms with Gasteiger partial charge in [0, 0.05) is 10.9 Å². The number of hydrogen-bond donors (Lipinski definition) is 1. The molecule has 0 atom stereocenters. The van der Waals surface area contributed by atoms with Crippen LogP contribution in [0.25, 0.3) is 11.3 Å². The van der Waals surface area contributed by atoms with Crippen LogP contribution in [0.3, 0.4) is 0 Å². The van der Waals surface area contributed by atoms with Crippen LogP contribution < -0.4 is 14.9 Å². The zero-order chi connectivity index (χ0) is 19.2. The van der Waals surface area contributed by atoms with Gasteiger partial charge in [-0.1, -0.05) is 41.4 Å². The molecule has 140 valence electrons. The van der Waals surface area contributed by atoms with Crippen molar-refractivity contribution in [3.8, 4) is 22.8 Å². The Morgan fingerprint density at radius 2 is 2.04 bits per heavy atom. The van der Waals surface area contributed by atoms with Crippen molar-refractivity contribution in [1.29, 1.82) is 0 Å². The van der Waals surface area contributed by atoms with Gasteiger partial charge >= 0.3 is 0 Å². The summed E-state index contributed by atoms with van der Waals surface area (Å²) >= 11 is 7.75. The number of ether oxygens (including phenoxy) is 2. The number of rotatable bonds is 7. The van der Waals surface area contributed by atoms with Crippen LogP contribution in [0.4, 0.5) is 5.13 Å². The molecule has 1 N–H and O–H groups in total. The third-order valence-electron chi connectivity index (χ3n) is 3.76. The molecule has 2 aromatic carbocycles. The standard InChI is InChI=1S/C20H20ClN3O2S/c1-4-26-18-10-14(9-16(21)19(18)25-3)11-22-24-20-23-17(12-27-20)15-7-5-13(2)6-8-15/h5-12H,4H2,1-3H3,(H,23,24)/b22-11-. The van der Waals surface area contributed by atoms with Gasteiger partial charge in [-0.25, -0.2) is 4.98 Å². The third kappa shape index (κ3) is 4.78. The van der Waals surface area contributed by atoms with Crippen molar-refractivity contribution in [2.45, 2.75) is 13.8 Å². The fourth-order valence-corrected chi connectivity index (χ4v) is 3.43. The SMILES string of the molecule is CCOc1cc(/C=N\Nc2nc(-c3ccc(C)cc3)cs2)cc(Cl)c1OC. The van der Waals surface area contributed by atoms with E-state index in [1.165, 1.54) is 16.9 Å². The molecule has 0 bridgehead atoms. The zero-order valence-electron chi connectivity index (χ0n) is 15.3. The highest BCUT2D eigenvalue weighted by Gasteiger charge is 2.10. The molecule has 3 rings (SSSR count). The number of benzene rings is 2. The minimum atomic E-state index is 0.473. The Morgan fingerprint density at radius 3 is 2.74 bits per heavy atom. The second kappa shape index (κ2) is 8.88. The summed E-state index contributed by atoms with van der Waals surface area (Å²) in [6.45, 7) is 4.49. The highest BCUT2D eigenvalue weighted by Crippen LogP contribution is 2.36. The maximum atomic E-state index is 6.25. The number of hydrazone groups is 1. The van der Waals surface area contributed by atoms with Crippen molar-refractivity contribution in [2.24, 2.45) is 5.10 Å². The summed E-state index contributed by atoms with van der Waals surface area (Å²) in [7, 11) is 1.56. The fourth-order valence-electron chi connectivity index (χ4n) is 2.47. The topological polar surface area (TPSA) is 55.7 Å². The molecule has 0 aliphatic rings. The highest BCUT2D eigenvalue weighted by atomic mass is 35.5. The monoisotopic (exact) mass is 401 g/mol. The molecule has 0 radical (unpaired) electrons. The summed E-state index contributed by atoms with van der Waals surface area (Å²) in [4.78, 5) is 4.56. The summed E-state index contributed by atoms with van der Waals surface area (Å²) in [6.07, 6.45) is 1.67. The van der Waals surface area contributed by atoms with E-state index in [9.17, 15) is 0 Å². The molecule has 0 unspecified atom stereocenters. The van der Waals surface area contributed by atoms with E-state index in [1.807, 2.05) is 18.4 Å². The minimum Gasteiger partial charge on any atom is -0.491 e. The summed E-state index contributed by atoms with van der Waals surface area (Å²) in [6, 6.07) is 11.9. The Balaban J connectivity index is 1.71. The van der Waals surface area contributed by atoms with E-state index in [4.69, 9.17) is 21.1 Å². The summed E-state index contributed by atoms with van der Waals surface area (Å²) < 4.78 is 10.9. The molecule has 0 amide bonds. The number of halogens is 1. The van der Waals surface area contributed by atoms with Gasteiger partial charge in [0.1, 0.15) is 0 Å². The van der Waals surface area contributed by atoms with Gasteiger partial charge in [-0.2, -0.15) is 5.10 Å². The van der Waals surface area contributed by atoms with Gasteiger partial charge in [-0.3, -0.25) is 5.43 Å². The molecule has 1 heterocycles. The van der Waals surface area contributed by atoms with Crippen molar-refractivity contribution in [1.82, 2.24) is 4.98 Å². The largest absolute Gasteiger partial charge is 0.491 e. The van der Waals surface area contributed by atoms with E-state index in [1.54, 1.807) is 19.4 Å². The van der Waals surface area contributed by atoms with E-state index in [2.05, 4.69) is 46.7 Å². The summed E-state index contributed by atoms with van der Waals surface area (Å²) in [5.74, 6) is 1.11. The molecule has 0 aliphatic carbocycles. The van der Waals surface area contributed by atoms with Gasteiger partial charge in [0.2, 0.25) is 5.13 Å². The van der Waals surface area contributed by atoms with Gasteiger partial charge < -0.3 is 9.47 Å². The predicted molar refractivity (Wildman–Crippen MR) is 113 cm³/mol. The number of aryl methyl sites for hydroxylation is 1. The predicted octanol–water partition coefficient (Wildman–Crippen LogP) is 5.63. The molecule has 0 spiro atoms. The average molecular weight is 402 g/mol. The van der Waals surface area contributed by atoms with Crippen LogP contribution in [0, 0.1) is 6.92 Å². The molecule has 0 fully saturated rings. The smallest absolute Gasteiger partial charge is 0.203 e. The lowest BCUT2D eigenvalue weighted by molar-refractivity contribution is 0.311. The molecular weight excluding hydrogens is 382 g/mol. The van der Waals surface area contributed by atoms with Crippen molar-refractivity contribution in [3.05, 3.63) is 57.9 Å². The van der Waals surface area contributed by atoms with Crippen LogP contribution in [0.1, 0.15) is 18.1 Å². The second-order valence-corrected chi connectivity index (χ2v) is 7.01. The van der Waals surface area contributed by atoms with Gasteiger partial charge in [0.15, 0.2) is 11.5 Å². The Labute approximate surface area is 167 Å². The number of nitrogens with one attached hydrogen (secondary N) is 1. The number of methoxy groups -OCH3 is 1. The van der Waals surface area contributed by atoms with E-state index in [-0.39, 0.29) is 0 Å². The summed E-state index contributed by atoms with van der Waals surface area (Å²) in [5, 5.41) is 7.44. The molecule has 0 aliphatic heterocycles. The highest BCUT2D eigenvalue weighted by molar-refractivity contribution is 7.14. The molecule has 5 nitrogen and oxygen atoms in total. The van der Waals surface area contributed by atoms with Crippen molar-refractivity contribution >= 4 is 34.3 Å². The maximum absolute atomic E-state index is 6.25. The van der Waals surface area contributed by atoms with E-state index >= 15 is 0 Å². The first-order valence-corrected chi connectivity index (χ1v) is 9.68. The minimum absolute atomic E-state index is 0.473. The average Bonchev–Trinajstić information content (AvgIpc) is 3.11. The zero-order valence-corrected chi connectivity index (χ0v) is 16.9. The molecule has 27 heavy (non-hydrogen) atoms. The van der Waals surface area contributed by atoms with Crippen molar-refractivity contribution < 1.29 is 9.47 Å². The number of nitrogens with zero attached hydrogens (tertiary/aromatic N) is 2. The Kier molecular flexibility index (Phi) is 6.32. The molecule has 0 saturated carbocycles. The van der Waals surface area contributed by atoms with Gasteiger partial charge in [-0.05, 0) is 31.5 Å². The number of anilines is 1. The lowest BCUT2D eigenvalue weighted by Gasteiger charge is -2.11. The fraction of sp³-hybridized carbons (Fsp3) is 0.200. The molecule has 1 aromatic heterocycles. The molecule has 7 heteroatoms. The van der Waals surface area contributed by atoms with E-state index in [0.717, 1.165) is 16.8 Å². The van der Waals surface area contributed by atoms with Crippen LogP contribution in [0.5, 0.6) is 11.5 Å². The van der Waals surface area contributed by atoms with Gasteiger partial charge in [-0.15, -0.1) is 11.3 Å². The third-order valence-corrected chi connectivity index (χ3v) is 4.79. The maximum Gasteiger partial charge on any atom is 0.203 e. The first-order chi connectivity index (χ1) is 13.1. The van der Waals surface area contributed by atoms with Crippen LogP contribution in [0.2, 0.25) is 5.02 Å². The number of aromatic nitrogens is 1. The van der Waals surface area contributed by atoms with Gasteiger partial charge in [0.25, 0.3) is 0 Å². The molecule has 3 aromatic rings. The van der Waals surface area contributed by atoms with Gasteiger partial charge in [0.05, 0.1) is 30.6 Å². The second-order valence-electron chi connectivity index (χ2n) is 5.74. The first-order valence-electron chi connectivity index (χ1n) is 8.42. The lowest BCUT2D eigenvalue weighted by Crippen LogP contribution is -1.98. The molecular formula is C20H20ClN3O2S. The van der Waals surface area contributed by atoms with Crippen LogP contribution in [0.15, 0.2) is 46.9 Å². The Bertz CT molecular complexity index is 939. The summed E-state index contributed by atoms with van der Waals surface area (Å²) in [5.41, 5.74) is 6.98. The Morgan fingerprint density at radius 1 is 1.26 bits per heavy atom. The number of thiazole rings is 1. The van der Waals surface area contributed by atoms with Crippen LogP contribution in [-0.4, -0.2) is 24.9 Å². The Hall–Kier alpha value is -2.57. The van der Waals surface area contributed by atoms with E-state index < -0.39 is 0 Å². The quantitative estimate of drug-likeness (QED) is 0.412. The van der Waals surface area contributed by atoms with Crippen LogP contribution in [-0.2, 0) is 0 Å².